The van der Waals surface area contributed by atoms with Gasteiger partial charge >= 0.3 is 5.97 Å². The van der Waals surface area contributed by atoms with Gasteiger partial charge in [-0.25, -0.2) is 0 Å². The van der Waals surface area contributed by atoms with Gasteiger partial charge in [0, 0.05) is 6.04 Å². The van der Waals surface area contributed by atoms with Crippen molar-refractivity contribution in [3.8, 4) is 0 Å². The summed E-state index contributed by atoms with van der Waals surface area (Å²) < 4.78 is 4.81. The monoisotopic (exact) mass is 187 g/mol. The Morgan fingerprint density at radius 3 is 2.54 bits per heavy atom. The topological polar surface area (TPSA) is 52.3 Å². The van der Waals surface area contributed by atoms with E-state index in [1.807, 2.05) is 0 Å². The molecule has 0 heterocycles. The first-order valence-electron chi connectivity index (χ1n) is 5.01. The molecule has 0 spiro atoms. The van der Waals surface area contributed by atoms with Crippen molar-refractivity contribution in [1.29, 1.82) is 0 Å². The maximum Gasteiger partial charge on any atom is 0.307 e. The molecule has 0 fully saturated rings. The van der Waals surface area contributed by atoms with Gasteiger partial charge in [-0.15, -0.1) is 0 Å². The lowest BCUT2D eigenvalue weighted by atomic mass is 9.98. The van der Waals surface area contributed by atoms with E-state index in [0.717, 1.165) is 12.8 Å². The molecular weight excluding hydrogens is 166 g/mol. The second-order valence-electron chi connectivity index (χ2n) is 3.52. The van der Waals surface area contributed by atoms with Crippen LogP contribution in [0.5, 0.6) is 0 Å². The van der Waals surface area contributed by atoms with Crippen molar-refractivity contribution in [2.75, 3.05) is 6.61 Å². The molecule has 3 heteroatoms. The van der Waals surface area contributed by atoms with Crippen LogP contribution in [0.3, 0.4) is 0 Å². The van der Waals surface area contributed by atoms with E-state index in [4.69, 9.17) is 10.5 Å². The van der Waals surface area contributed by atoms with E-state index in [0.29, 0.717) is 18.9 Å². The summed E-state index contributed by atoms with van der Waals surface area (Å²) >= 11 is 0. The summed E-state index contributed by atoms with van der Waals surface area (Å²) in [6.07, 6.45) is 2.35. The minimum Gasteiger partial charge on any atom is -0.466 e. The van der Waals surface area contributed by atoms with Crippen molar-refractivity contribution in [3.05, 3.63) is 0 Å². The van der Waals surface area contributed by atoms with Crippen LogP contribution in [0.25, 0.3) is 0 Å². The zero-order valence-corrected chi connectivity index (χ0v) is 8.88. The number of rotatable bonds is 6. The van der Waals surface area contributed by atoms with Crippen LogP contribution in [0.2, 0.25) is 0 Å². The standard InChI is InChI=1S/C10H21NO2/c1-4-8(3)6-9(11)7-10(12)13-5-2/h8-9H,4-7,11H2,1-3H3. The summed E-state index contributed by atoms with van der Waals surface area (Å²) in [6, 6.07) is -0.0472. The van der Waals surface area contributed by atoms with Gasteiger partial charge < -0.3 is 10.5 Å². The molecule has 0 aromatic heterocycles. The Balaban J connectivity index is 3.60. The Morgan fingerprint density at radius 1 is 1.46 bits per heavy atom. The SMILES string of the molecule is CCOC(=O)CC(N)CC(C)CC. The smallest absolute Gasteiger partial charge is 0.307 e. The quantitative estimate of drug-likeness (QED) is 0.644. The van der Waals surface area contributed by atoms with Crippen LogP contribution < -0.4 is 5.73 Å². The van der Waals surface area contributed by atoms with Gasteiger partial charge in [-0.2, -0.15) is 0 Å². The molecule has 0 rings (SSSR count). The van der Waals surface area contributed by atoms with Gasteiger partial charge in [-0.3, -0.25) is 4.79 Å². The molecule has 0 aliphatic heterocycles. The van der Waals surface area contributed by atoms with Crippen molar-refractivity contribution in [1.82, 2.24) is 0 Å². The van der Waals surface area contributed by atoms with Gasteiger partial charge in [0.15, 0.2) is 0 Å². The number of carbonyl (C=O) groups excluding carboxylic acids is 1. The summed E-state index contributed by atoms with van der Waals surface area (Å²) in [5.41, 5.74) is 5.78. The van der Waals surface area contributed by atoms with Crippen molar-refractivity contribution in [3.63, 3.8) is 0 Å². The molecule has 2 atom stereocenters. The second-order valence-corrected chi connectivity index (χ2v) is 3.52. The van der Waals surface area contributed by atoms with Gasteiger partial charge in [0.2, 0.25) is 0 Å². The first kappa shape index (κ1) is 12.4. The van der Waals surface area contributed by atoms with Crippen LogP contribution in [0.1, 0.15) is 40.0 Å². The normalized spacial score (nSPS) is 15.1. The highest BCUT2D eigenvalue weighted by Crippen LogP contribution is 2.10. The van der Waals surface area contributed by atoms with Gasteiger partial charge in [0.25, 0.3) is 0 Å². The van der Waals surface area contributed by atoms with Gasteiger partial charge in [0.1, 0.15) is 0 Å². The van der Waals surface area contributed by atoms with E-state index in [2.05, 4.69) is 13.8 Å². The number of ether oxygens (including phenoxy) is 1. The number of nitrogens with two attached hydrogens (primary N) is 1. The zero-order chi connectivity index (χ0) is 10.3. The molecular formula is C10H21NO2. The first-order valence-corrected chi connectivity index (χ1v) is 5.01. The molecule has 0 aliphatic carbocycles. The third-order valence-electron chi connectivity index (χ3n) is 2.14. The van der Waals surface area contributed by atoms with Crippen LogP contribution in [-0.2, 0) is 9.53 Å². The highest BCUT2D eigenvalue weighted by molar-refractivity contribution is 5.70. The average molecular weight is 187 g/mol. The minimum absolute atomic E-state index is 0.0472. The molecule has 0 radical (unpaired) electrons. The van der Waals surface area contributed by atoms with E-state index in [9.17, 15) is 4.79 Å². The van der Waals surface area contributed by atoms with E-state index in [-0.39, 0.29) is 12.0 Å². The number of hydrogen-bond donors (Lipinski definition) is 1. The maximum atomic E-state index is 11.0. The van der Waals surface area contributed by atoms with E-state index < -0.39 is 0 Å². The third-order valence-corrected chi connectivity index (χ3v) is 2.14. The highest BCUT2D eigenvalue weighted by Gasteiger charge is 2.12. The summed E-state index contributed by atoms with van der Waals surface area (Å²) in [6.45, 7) is 6.51. The van der Waals surface area contributed by atoms with Crippen LogP contribution in [-0.4, -0.2) is 18.6 Å². The van der Waals surface area contributed by atoms with E-state index in [1.54, 1.807) is 6.92 Å². The largest absolute Gasteiger partial charge is 0.466 e. The summed E-state index contributed by atoms with van der Waals surface area (Å²) in [4.78, 5) is 11.0. The molecule has 0 aromatic carbocycles. The number of esters is 1. The van der Waals surface area contributed by atoms with E-state index >= 15 is 0 Å². The summed E-state index contributed by atoms with van der Waals surface area (Å²) in [5.74, 6) is 0.405. The van der Waals surface area contributed by atoms with Crippen LogP contribution in [0.4, 0.5) is 0 Å². The Kier molecular flexibility index (Phi) is 6.59. The zero-order valence-electron chi connectivity index (χ0n) is 8.88. The summed E-state index contributed by atoms with van der Waals surface area (Å²) in [5, 5.41) is 0. The van der Waals surface area contributed by atoms with Crippen molar-refractivity contribution in [2.24, 2.45) is 11.7 Å². The molecule has 0 aliphatic rings. The Hall–Kier alpha value is -0.570. The Bertz CT molecular complexity index is 148. The predicted molar refractivity (Wildman–Crippen MR) is 53.3 cm³/mol. The highest BCUT2D eigenvalue weighted by atomic mass is 16.5. The van der Waals surface area contributed by atoms with Crippen molar-refractivity contribution < 1.29 is 9.53 Å². The predicted octanol–water partition coefficient (Wildman–Crippen LogP) is 1.70. The Morgan fingerprint density at radius 2 is 2.08 bits per heavy atom. The molecule has 13 heavy (non-hydrogen) atoms. The van der Waals surface area contributed by atoms with Gasteiger partial charge in [-0.1, -0.05) is 20.3 Å². The van der Waals surface area contributed by atoms with Crippen molar-refractivity contribution in [2.45, 2.75) is 46.1 Å². The lowest BCUT2D eigenvalue weighted by molar-refractivity contribution is -0.143. The molecule has 0 saturated heterocycles. The fraction of sp³-hybridized carbons (Fsp3) is 0.900. The van der Waals surface area contributed by atoms with E-state index in [1.165, 1.54) is 0 Å². The molecule has 0 amide bonds. The van der Waals surface area contributed by atoms with Crippen LogP contribution >= 0.6 is 0 Å². The number of carbonyl (C=O) groups is 1. The van der Waals surface area contributed by atoms with Crippen molar-refractivity contribution >= 4 is 5.97 Å². The first-order chi connectivity index (χ1) is 6.10. The Labute approximate surface area is 80.6 Å². The molecule has 78 valence electrons. The molecule has 2 unspecified atom stereocenters. The van der Waals surface area contributed by atoms with Gasteiger partial charge in [0.05, 0.1) is 13.0 Å². The summed E-state index contributed by atoms with van der Waals surface area (Å²) in [7, 11) is 0. The maximum absolute atomic E-state index is 11.0. The molecule has 2 N–H and O–H groups in total. The molecule has 0 aromatic rings. The minimum atomic E-state index is -0.182. The molecule has 3 nitrogen and oxygen atoms in total. The average Bonchev–Trinajstić information content (AvgIpc) is 2.04. The molecule has 0 bridgehead atoms. The second kappa shape index (κ2) is 6.89. The fourth-order valence-electron chi connectivity index (χ4n) is 1.20. The lowest BCUT2D eigenvalue weighted by Gasteiger charge is -2.14. The third kappa shape index (κ3) is 6.58. The fourth-order valence-corrected chi connectivity index (χ4v) is 1.20. The van der Waals surface area contributed by atoms with Gasteiger partial charge in [-0.05, 0) is 19.3 Å². The number of hydrogen-bond acceptors (Lipinski definition) is 3. The van der Waals surface area contributed by atoms with Crippen LogP contribution in [0, 0.1) is 5.92 Å². The molecule has 0 saturated carbocycles. The lowest BCUT2D eigenvalue weighted by Crippen LogP contribution is -2.26. The van der Waals surface area contributed by atoms with Crippen LogP contribution in [0.15, 0.2) is 0 Å².